The molecular formula is C23H32N2O2. The van der Waals surface area contributed by atoms with Crippen LogP contribution in [-0.2, 0) is 16.0 Å². The fourth-order valence-electron chi connectivity index (χ4n) is 2.72. The van der Waals surface area contributed by atoms with Gasteiger partial charge in [-0.3, -0.25) is 9.59 Å². The normalized spacial score (nSPS) is 11.5. The van der Waals surface area contributed by atoms with Gasteiger partial charge in [0, 0.05) is 11.8 Å². The number of nitrogens with zero attached hydrogens (tertiary/aromatic N) is 1. The second kappa shape index (κ2) is 10.6. The summed E-state index contributed by atoms with van der Waals surface area (Å²) in [5.41, 5.74) is 10.5. The number of Topliss-reactive ketones (excluding diaryl/α,β-unsaturated/α-hetero) is 2. The Morgan fingerprint density at radius 2 is 1.70 bits per heavy atom. The van der Waals surface area contributed by atoms with E-state index in [1.807, 2.05) is 19.1 Å². The van der Waals surface area contributed by atoms with Crippen molar-refractivity contribution in [3.05, 3.63) is 46.5 Å². The van der Waals surface area contributed by atoms with Crippen molar-refractivity contribution >= 4 is 28.3 Å². The Kier molecular flexibility index (Phi) is 8.86. The number of aromatic nitrogens is 1. The molecule has 0 aliphatic rings. The number of nitrogens with two attached hydrogens (primary N) is 1. The molecule has 0 aliphatic carbocycles. The van der Waals surface area contributed by atoms with E-state index in [0.717, 1.165) is 24.8 Å². The number of rotatable bonds is 6. The van der Waals surface area contributed by atoms with Crippen LogP contribution in [-0.4, -0.2) is 16.6 Å². The molecule has 0 radical (unpaired) electrons. The first-order valence-electron chi connectivity index (χ1n) is 9.58. The standard InChI is InChI=1S/C12H14N2.C11H18O2/c1-3-9-7-12(13)14-11-5-4-8(2)6-10(9)11;1-5-6-7-11(13)9(3)8(2)10(4)12/h4-7H,3H2,1-2H3,(H2,13,14);5-7H2,1-4H3/b;9-8-. The molecule has 2 aromatic rings. The second-order valence-electron chi connectivity index (χ2n) is 6.91. The number of benzene rings is 1. The molecule has 0 amide bonds. The number of ketones is 2. The molecule has 1 heterocycles. The number of hydrogen-bond acceptors (Lipinski definition) is 4. The molecule has 0 bridgehead atoms. The van der Waals surface area contributed by atoms with Crippen molar-refractivity contribution in [2.75, 3.05) is 5.73 Å². The second-order valence-corrected chi connectivity index (χ2v) is 6.91. The number of carbonyl (C=O) groups excluding carboxylic acids is 2. The number of fused-ring (bicyclic) bond motifs is 1. The number of anilines is 1. The summed E-state index contributed by atoms with van der Waals surface area (Å²) in [4.78, 5) is 26.7. The van der Waals surface area contributed by atoms with Gasteiger partial charge >= 0.3 is 0 Å². The molecule has 0 aliphatic heterocycles. The van der Waals surface area contributed by atoms with Gasteiger partial charge in [0.05, 0.1) is 5.52 Å². The summed E-state index contributed by atoms with van der Waals surface area (Å²) in [5.74, 6) is 0.704. The van der Waals surface area contributed by atoms with E-state index >= 15 is 0 Å². The van der Waals surface area contributed by atoms with Gasteiger partial charge in [-0.05, 0) is 75.4 Å². The van der Waals surface area contributed by atoms with E-state index in [1.54, 1.807) is 13.8 Å². The molecule has 0 saturated heterocycles. The summed E-state index contributed by atoms with van der Waals surface area (Å²) >= 11 is 0. The highest BCUT2D eigenvalue weighted by Crippen LogP contribution is 2.21. The quantitative estimate of drug-likeness (QED) is 0.697. The van der Waals surface area contributed by atoms with Gasteiger partial charge in [0.15, 0.2) is 11.6 Å². The molecule has 4 nitrogen and oxygen atoms in total. The van der Waals surface area contributed by atoms with Gasteiger partial charge in [-0.15, -0.1) is 0 Å². The first-order valence-corrected chi connectivity index (χ1v) is 9.58. The molecule has 0 atom stereocenters. The molecule has 146 valence electrons. The fourth-order valence-corrected chi connectivity index (χ4v) is 2.72. The van der Waals surface area contributed by atoms with Crippen molar-refractivity contribution in [3.63, 3.8) is 0 Å². The van der Waals surface area contributed by atoms with E-state index in [4.69, 9.17) is 5.73 Å². The lowest BCUT2D eigenvalue weighted by Crippen LogP contribution is -2.05. The molecule has 0 unspecified atom stereocenters. The Hall–Kier alpha value is -2.49. The van der Waals surface area contributed by atoms with Crippen molar-refractivity contribution in [3.8, 4) is 0 Å². The van der Waals surface area contributed by atoms with E-state index < -0.39 is 0 Å². The van der Waals surface area contributed by atoms with Crippen LogP contribution in [0, 0.1) is 6.92 Å². The highest BCUT2D eigenvalue weighted by Gasteiger charge is 2.09. The molecule has 0 saturated carbocycles. The Labute approximate surface area is 162 Å². The molecule has 2 N–H and O–H groups in total. The summed E-state index contributed by atoms with van der Waals surface area (Å²) < 4.78 is 0. The number of unbranched alkanes of at least 4 members (excludes halogenated alkanes) is 1. The average molecular weight is 369 g/mol. The van der Waals surface area contributed by atoms with Crippen LogP contribution >= 0.6 is 0 Å². The first kappa shape index (κ1) is 22.6. The van der Waals surface area contributed by atoms with Crippen LogP contribution in [0.1, 0.15) is 65.0 Å². The fraction of sp³-hybridized carbons (Fsp3) is 0.435. The van der Waals surface area contributed by atoms with Crippen LogP contribution < -0.4 is 5.73 Å². The molecule has 27 heavy (non-hydrogen) atoms. The summed E-state index contributed by atoms with van der Waals surface area (Å²) in [7, 11) is 0. The third-order valence-corrected chi connectivity index (χ3v) is 4.72. The van der Waals surface area contributed by atoms with Gasteiger partial charge in [0.2, 0.25) is 0 Å². The smallest absolute Gasteiger partial charge is 0.158 e. The average Bonchev–Trinajstić information content (AvgIpc) is 2.64. The van der Waals surface area contributed by atoms with Crippen LogP contribution in [0.25, 0.3) is 10.9 Å². The third-order valence-electron chi connectivity index (χ3n) is 4.72. The molecule has 1 aromatic heterocycles. The van der Waals surface area contributed by atoms with E-state index in [1.165, 1.54) is 23.4 Å². The largest absolute Gasteiger partial charge is 0.384 e. The highest BCUT2D eigenvalue weighted by atomic mass is 16.1. The Bertz CT molecular complexity index is 851. The molecule has 0 fully saturated rings. The van der Waals surface area contributed by atoms with Gasteiger partial charge in [-0.2, -0.15) is 0 Å². The Balaban J connectivity index is 0.000000271. The van der Waals surface area contributed by atoms with E-state index in [2.05, 4.69) is 31.0 Å². The number of nitrogen functional groups attached to an aromatic ring is 1. The van der Waals surface area contributed by atoms with Crippen molar-refractivity contribution in [2.24, 2.45) is 0 Å². The van der Waals surface area contributed by atoms with Crippen molar-refractivity contribution in [1.82, 2.24) is 4.98 Å². The third kappa shape index (κ3) is 6.63. The minimum Gasteiger partial charge on any atom is -0.384 e. The maximum atomic E-state index is 11.4. The lowest BCUT2D eigenvalue weighted by molar-refractivity contribution is -0.117. The van der Waals surface area contributed by atoms with E-state index in [9.17, 15) is 9.59 Å². The number of pyridine rings is 1. The lowest BCUT2D eigenvalue weighted by atomic mass is 10.0. The van der Waals surface area contributed by atoms with Crippen molar-refractivity contribution in [1.29, 1.82) is 0 Å². The van der Waals surface area contributed by atoms with E-state index in [-0.39, 0.29) is 11.6 Å². The molecule has 1 aromatic carbocycles. The maximum Gasteiger partial charge on any atom is 0.158 e. The zero-order valence-electron chi connectivity index (χ0n) is 17.5. The summed E-state index contributed by atoms with van der Waals surface area (Å²) in [5, 5.41) is 1.22. The minimum absolute atomic E-state index is 0.0117. The predicted molar refractivity (Wildman–Crippen MR) is 114 cm³/mol. The van der Waals surface area contributed by atoms with Crippen molar-refractivity contribution in [2.45, 2.75) is 67.2 Å². The zero-order valence-corrected chi connectivity index (χ0v) is 17.5. The number of allylic oxidation sites excluding steroid dienone is 2. The monoisotopic (exact) mass is 368 g/mol. The van der Waals surface area contributed by atoms with Crippen LogP contribution in [0.15, 0.2) is 35.4 Å². The lowest BCUT2D eigenvalue weighted by Gasteiger charge is -2.06. The molecule has 0 spiro atoms. The first-order chi connectivity index (χ1) is 12.7. The zero-order chi connectivity index (χ0) is 20.6. The Morgan fingerprint density at radius 3 is 2.26 bits per heavy atom. The predicted octanol–water partition coefficient (Wildman–Crippen LogP) is 5.36. The maximum absolute atomic E-state index is 11.4. The molecular weight excluding hydrogens is 336 g/mol. The summed E-state index contributed by atoms with van der Waals surface area (Å²) in [6, 6.07) is 8.22. The van der Waals surface area contributed by atoms with Gasteiger partial charge < -0.3 is 5.73 Å². The molecule has 2 rings (SSSR count). The van der Waals surface area contributed by atoms with Gasteiger partial charge in [-0.1, -0.05) is 31.9 Å². The SMILES string of the molecule is CCCCC(=O)/C(C)=C(/C)C(C)=O.CCc1cc(N)nc2ccc(C)cc12. The number of carbonyl (C=O) groups is 2. The van der Waals surface area contributed by atoms with Crippen LogP contribution in [0.4, 0.5) is 5.82 Å². The van der Waals surface area contributed by atoms with Gasteiger partial charge in [-0.25, -0.2) is 4.98 Å². The van der Waals surface area contributed by atoms with Crippen LogP contribution in [0.5, 0.6) is 0 Å². The van der Waals surface area contributed by atoms with Crippen LogP contribution in [0.2, 0.25) is 0 Å². The Morgan fingerprint density at radius 1 is 1.04 bits per heavy atom. The van der Waals surface area contributed by atoms with Gasteiger partial charge in [0.25, 0.3) is 0 Å². The van der Waals surface area contributed by atoms with Crippen molar-refractivity contribution < 1.29 is 9.59 Å². The minimum atomic E-state index is -0.0117. The molecule has 4 heteroatoms. The van der Waals surface area contributed by atoms with E-state index in [0.29, 0.717) is 23.4 Å². The topological polar surface area (TPSA) is 73.0 Å². The van der Waals surface area contributed by atoms with Crippen LogP contribution in [0.3, 0.4) is 0 Å². The highest BCUT2D eigenvalue weighted by molar-refractivity contribution is 6.04. The number of aryl methyl sites for hydroxylation is 2. The summed E-state index contributed by atoms with van der Waals surface area (Å²) in [6.07, 6.45) is 3.47. The van der Waals surface area contributed by atoms with Gasteiger partial charge in [0.1, 0.15) is 5.82 Å². The number of hydrogen-bond donors (Lipinski definition) is 1. The summed E-state index contributed by atoms with van der Waals surface area (Å²) in [6.45, 7) is 11.2.